The largest absolute Gasteiger partial charge is 0.480 e. The van der Waals surface area contributed by atoms with Crippen LogP contribution >= 0.6 is 11.3 Å². The van der Waals surface area contributed by atoms with Gasteiger partial charge < -0.3 is 14.7 Å². The van der Waals surface area contributed by atoms with E-state index in [2.05, 4.69) is 4.98 Å². The summed E-state index contributed by atoms with van der Waals surface area (Å²) in [6.45, 7) is 2.76. The molecule has 0 atom stereocenters. The molecule has 6 nitrogen and oxygen atoms in total. The number of carbonyl (C=O) groups is 2. The maximum Gasteiger partial charge on any atom is 0.323 e. The van der Waals surface area contributed by atoms with E-state index in [1.807, 2.05) is 31.2 Å². The highest BCUT2D eigenvalue weighted by molar-refractivity contribution is 7.13. The van der Waals surface area contributed by atoms with E-state index in [4.69, 9.17) is 4.74 Å². The van der Waals surface area contributed by atoms with Crippen LogP contribution in [0.5, 0.6) is 0 Å². The van der Waals surface area contributed by atoms with E-state index >= 15 is 0 Å². The molecule has 2 aromatic rings. The summed E-state index contributed by atoms with van der Waals surface area (Å²) in [5.41, 5.74) is 2.38. The number of aromatic nitrogens is 1. The van der Waals surface area contributed by atoms with Crippen LogP contribution in [0.1, 0.15) is 28.9 Å². The molecular formula is C18H20N2O4S. The summed E-state index contributed by atoms with van der Waals surface area (Å²) in [5, 5.41) is 11.7. The molecule has 1 aliphatic rings. The smallest absolute Gasteiger partial charge is 0.323 e. The standard InChI is InChI=1S/C18H20N2O4S/c1-12-4-2-3-5-14(12)17-19-15(11-25-17)18(23)20(10-16(21)22)13-6-8-24-9-7-13/h2-5,11,13H,6-10H2,1H3,(H,21,22). The third-order valence-corrected chi connectivity index (χ3v) is 5.17. The van der Waals surface area contributed by atoms with E-state index in [1.54, 1.807) is 5.38 Å². The monoisotopic (exact) mass is 360 g/mol. The van der Waals surface area contributed by atoms with E-state index in [1.165, 1.54) is 16.2 Å². The van der Waals surface area contributed by atoms with Crippen LogP contribution in [0.15, 0.2) is 29.6 Å². The minimum absolute atomic E-state index is 0.124. The molecule has 3 rings (SSSR count). The van der Waals surface area contributed by atoms with Crippen molar-refractivity contribution in [2.75, 3.05) is 19.8 Å². The summed E-state index contributed by atoms with van der Waals surface area (Å²) in [7, 11) is 0. The SMILES string of the molecule is Cc1ccccc1-c1nc(C(=O)N(CC(=O)O)C2CCOCC2)cs1. The van der Waals surface area contributed by atoms with Crippen molar-refractivity contribution in [3.8, 4) is 10.6 Å². The summed E-state index contributed by atoms with van der Waals surface area (Å²) in [6, 6.07) is 7.73. The Labute approximate surface area is 150 Å². The summed E-state index contributed by atoms with van der Waals surface area (Å²) >= 11 is 1.40. The number of ether oxygens (including phenoxy) is 1. The zero-order chi connectivity index (χ0) is 17.8. The van der Waals surface area contributed by atoms with Crippen LogP contribution in [0.2, 0.25) is 0 Å². The van der Waals surface area contributed by atoms with Gasteiger partial charge in [0.25, 0.3) is 5.91 Å². The fourth-order valence-corrected chi connectivity index (χ4v) is 3.85. The van der Waals surface area contributed by atoms with Gasteiger partial charge >= 0.3 is 5.97 Å². The molecule has 0 unspecified atom stereocenters. The Morgan fingerprint density at radius 2 is 2.04 bits per heavy atom. The number of amides is 1. The van der Waals surface area contributed by atoms with Crippen molar-refractivity contribution in [3.05, 3.63) is 40.9 Å². The van der Waals surface area contributed by atoms with Gasteiger partial charge in [-0.25, -0.2) is 4.98 Å². The van der Waals surface area contributed by atoms with Crippen LogP contribution < -0.4 is 0 Å². The lowest BCUT2D eigenvalue weighted by atomic mass is 10.1. The number of carboxylic acids is 1. The fraction of sp³-hybridized carbons (Fsp3) is 0.389. The molecule has 1 N–H and O–H groups in total. The molecule has 1 aliphatic heterocycles. The average Bonchev–Trinajstić information content (AvgIpc) is 3.10. The molecule has 132 valence electrons. The number of benzene rings is 1. The maximum atomic E-state index is 12.9. The molecule has 2 heterocycles. The molecule has 25 heavy (non-hydrogen) atoms. The Balaban J connectivity index is 1.84. The molecule has 0 bridgehead atoms. The van der Waals surface area contributed by atoms with Gasteiger partial charge in [0, 0.05) is 30.2 Å². The predicted octanol–water partition coefficient (Wildman–Crippen LogP) is 2.82. The van der Waals surface area contributed by atoms with E-state index in [0.717, 1.165) is 16.1 Å². The number of thiazole rings is 1. The van der Waals surface area contributed by atoms with Gasteiger partial charge in [-0.05, 0) is 25.3 Å². The van der Waals surface area contributed by atoms with Crippen LogP contribution in [-0.2, 0) is 9.53 Å². The molecule has 7 heteroatoms. The van der Waals surface area contributed by atoms with Crippen molar-refractivity contribution in [1.29, 1.82) is 0 Å². The molecule has 1 aromatic carbocycles. The van der Waals surface area contributed by atoms with Crippen molar-refractivity contribution < 1.29 is 19.4 Å². The second kappa shape index (κ2) is 7.76. The molecule has 1 amide bonds. The van der Waals surface area contributed by atoms with E-state index in [9.17, 15) is 14.7 Å². The molecule has 1 aromatic heterocycles. The summed E-state index contributed by atoms with van der Waals surface area (Å²) in [4.78, 5) is 30.0. The summed E-state index contributed by atoms with van der Waals surface area (Å²) in [6.07, 6.45) is 1.29. The van der Waals surface area contributed by atoms with Crippen LogP contribution in [0, 0.1) is 6.92 Å². The third kappa shape index (κ3) is 4.05. The lowest BCUT2D eigenvalue weighted by Gasteiger charge is -2.32. The predicted molar refractivity (Wildman–Crippen MR) is 94.8 cm³/mol. The highest BCUT2D eigenvalue weighted by Crippen LogP contribution is 2.27. The first-order chi connectivity index (χ1) is 12.1. The number of nitrogens with zero attached hydrogens (tertiary/aromatic N) is 2. The Morgan fingerprint density at radius 3 is 2.72 bits per heavy atom. The average molecular weight is 360 g/mol. The lowest BCUT2D eigenvalue weighted by Crippen LogP contribution is -2.46. The Hall–Kier alpha value is -2.25. The van der Waals surface area contributed by atoms with Crippen LogP contribution in [-0.4, -0.2) is 52.7 Å². The van der Waals surface area contributed by atoms with Crippen LogP contribution in [0.3, 0.4) is 0 Å². The minimum Gasteiger partial charge on any atom is -0.480 e. The van der Waals surface area contributed by atoms with Gasteiger partial charge in [-0.2, -0.15) is 0 Å². The number of hydrogen-bond acceptors (Lipinski definition) is 5. The lowest BCUT2D eigenvalue weighted by molar-refractivity contribution is -0.138. The van der Waals surface area contributed by atoms with E-state index in [-0.39, 0.29) is 18.5 Å². The molecule has 0 aliphatic carbocycles. The highest BCUT2D eigenvalue weighted by Gasteiger charge is 2.29. The minimum atomic E-state index is -1.02. The number of rotatable bonds is 5. The summed E-state index contributed by atoms with van der Waals surface area (Å²) in [5.74, 6) is -1.35. The Bertz CT molecular complexity index is 768. The number of carbonyl (C=O) groups excluding carboxylic acids is 1. The van der Waals surface area contributed by atoms with E-state index < -0.39 is 5.97 Å². The van der Waals surface area contributed by atoms with Crippen molar-refractivity contribution in [2.24, 2.45) is 0 Å². The van der Waals surface area contributed by atoms with Gasteiger partial charge in [-0.1, -0.05) is 24.3 Å². The van der Waals surface area contributed by atoms with Gasteiger partial charge in [0.15, 0.2) is 0 Å². The fourth-order valence-electron chi connectivity index (χ4n) is 2.96. The number of aliphatic carboxylic acids is 1. The van der Waals surface area contributed by atoms with Gasteiger partial charge in [-0.15, -0.1) is 11.3 Å². The number of hydrogen-bond donors (Lipinski definition) is 1. The molecule has 1 fully saturated rings. The van der Waals surface area contributed by atoms with Crippen molar-refractivity contribution >= 4 is 23.2 Å². The van der Waals surface area contributed by atoms with Crippen molar-refractivity contribution in [1.82, 2.24) is 9.88 Å². The van der Waals surface area contributed by atoms with Crippen molar-refractivity contribution in [2.45, 2.75) is 25.8 Å². The molecule has 1 saturated heterocycles. The van der Waals surface area contributed by atoms with Gasteiger partial charge in [-0.3, -0.25) is 9.59 Å². The number of carboxylic acid groups (broad SMARTS) is 1. The molecular weight excluding hydrogens is 340 g/mol. The van der Waals surface area contributed by atoms with E-state index in [0.29, 0.717) is 31.7 Å². The highest BCUT2D eigenvalue weighted by atomic mass is 32.1. The second-order valence-corrected chi connectivity index (χ2v) is 6.88. The normalized spacial score (nSPS) is 15.1. The first kappa shape index (κ1) is 17.6. The zero-order valence-electron chi connectivity index (χ0n) is 14.0. The molecule has 0 saturated carbocycles. The van der Waals surface area contributed by atoms with Gasteiger partial charge in [0.2, 0.25) is 0 Å². The van der Waals surface area contributed by atoms with Crippen LogP contribution in [0.4, 0.5) is 0 Å². The van der Waals surface area contributed by atoms with Crippen molar-refractivity contribution in [3.63, 3.8) is 0 Å². The topological polar surface area (TPSA) is 79.7 Å². The quantitative estimate of drug-likeness (QED) is 0.887. The van der Waals surface area contributed by atoms with Gasteiger partial charge in [0.1, 0.15) is 17.2 Å². The van der Waals surface area contributed by atoms with Crippen LogP contribution in [0.25, 0.3) is 10.6 Å². The first-order valence-corrected chi connectivity index (χ1v) is 9.06. The van der Waals surface area contributed by atoms with Gasteiger partial charge in [0.05, 0.1) is 0 Å². The maximum absolute atomic E-state index is 12.9. The molecule has 0 spiro atoms. The summed E-state index contributed by atoms with van der Waals surface area (Å²) < 4.78 is 5.32. The third-order valence-electron chi connectivity index (χ3n) is 4.30. The Morgan fingerprint density at radius 1 is 1.32 bits per heavy atom. The Kier molecular flexibility index (Phi) is 5.45. The first-order valence-electron chi connectivity index (χ1n) is 8.18. The number of aryl methyl sites for hydroxylation is 1. The molecule has 0 radical (unpaired) electrons. The second-order valence-electron chi connectivity index (χ2n) is 6.02. The zero-order valence-corrected chi connectivity index (χ0v) is 14.8.